The van der Waals surface area contributed by atoms with Crippen LogP contribution in [0.25, 0.3) is 0 Å². The summed E-state index contributed by atoms with van der Waals surface area (Å²) in [5, 5.41) is 7.55. The van der Waals surface area contributed by atoms with E-state index in [9.17, 15) is 4.79 Å². The number of ether oxygens (including phenoxy) is 1. The average molecular weight is 425 g/mol. The normalized spacial score (nSPS) is 12.6. The van der Waals surface area contributed by atoms with Gasteiger partial charge in [-0.2, -0.15) is 0 Å². The van der Waals surface area contributed by atoms with Crippen molar-refractivity contribution >= 4 is 61.3 Å². The van der Waals surface area contributed by atoms with Gasteiger partial charge in [0.15, 0.2) is 5.11 Å². The number of anilines is 2. The van der Waals surface area contributed by atoms with Crippen LogP contribution in [0.4, 0.5) is 10.7 Å². The van der Waals surface area contributed by atoms with Crippen molar-refractivity contribution in [3.63, 3.8) is 0 Å². The molecular formula is C17H17BrN2O2S2. The molecule has 0 radical (unpaired) electrons. The van der Waals surface area contributed by atoms with Gasteiger partial charge in [0.05, 0.1) is 12.7 Å². The smallest absolute Gasteiger partial charge is 0.341 e. The molecule has 0 saturated carbocycles. The molecule has 0 atom stereocenters. The molecule has 0 unspecified atom stereocenters. The van der Waals surface area contributed by atoms with Gasteiger partial charge in [-0.1, -0.05) is 15.9 Å². The summed E-state index contributed by atoms with van der Waals surface area (Å²) in [6.07, 6.45) is 3.02. The number of benzene rings is 1. The highest BCUT2D eigenvalue weighted by Crippen LogP contribution is 2.39. The minimum absolute atomic E-state index is 0.306. The fraction of sp³-hybridized carbons (Fsp3) is 0.294. The Balaban J connectivity index is 1.79. The van der Waals surface area contributed by atoms with Gasteiger partial charge in [0.25, 0.3) is 0 Å². The first-order chi connectivity index (χ1) is 11.5. The highest BCUT2D eigenvalue weighted by atomic mass is 79.9. The number of hydrogen-bond donors (Lipinski definition) is 2. The zero-order chi connectivity index (χ0) is 17.3. The number of carbonyl (C=O) groups is 1. The van der Waals surface area contributed by atoms with Crippen molar-refractivity contribution < 1.29 is 9.53 Å². The largest absolute Gasteiger partial charge is 0.465 e. The van der Waals surface area contributed by atoms with Crippen molar-refractivity contribution in [1.82, 2.24) is 0 Å². The molecule has 126 valence electrons. The van der Waals surface area contributed by atoms with Crippen LogP contribution in [0.5, 0.6) is 0 Å². The van der Waals surface area contributed by atoms with Crippen molar-refractivity contribution in [2.45, 2.75) is 26.2 Å². The van der Waals surface area contributed by atoms with E-state index in [1.807, 2.05) is 25.1 Å². The lowest BCUT2D eigenvalue weighted by Gasteiger charge is -2.12. The van der Waals surface area contributed by atoms with Gasteiger partial charge in [0.1, 0.15) is 5.00 Å². The van der Waals surface area contributed by atoms with Gasteiger partial charge < -0.3 is 15.4 Å². The van der Waals surface area contributed by atoms with Crippen molar-refractivity contribution in [3.8, 4) is 0 Å². The predicted molar refractivity (Wildman–Crippen MR) is 106 cm³/mol. The van der Waals surface area contributed by atoms with Crippen LogP contribution in [-0.2, 0) is 17.6 Å². The number of aryl methyl sites for hydroxylation is 2. The summed E-state index contributed by atoms with van der Waals surface area (Å²) in [5.74, 6) is -0.306. The first-order valence-corrected chi connectivity index (χ1v) is 9.58. The molecular weight excluding hydrogens is 408 g/mol. The fourth-order valence-corrected chi connectivity index (χ4v) is 4.61. The number of fused-ring (bicyclic) bond motifs is 1. The second kappa shape index (κ2) is 7.21. The van der Waals surface area contributed by atoms with E-state index in [2.05, 4.69) is 26.6 Å². The molecule has 1 heterocycles. The van der Waals surface area contributed by atoms with Gasteiger partial charge in [-0.15, -0.1) is 11.3 Å². The second-order valence-corrected chi connectivity index (χ2v) is 7.96. The van der Waals surface area contributed by atoms with Gasteiger partial charge in [0.2, 0.25) is 0 Å². The zero-order valence-corrected chi connectivity index (χ0v) is 16.6. The molecule has 0 fully saturated rings. The molecule has 1 aliphatic carbocycles. The molecule has 2 N–H and O–H groups in total. The third-order valence-corrected chi connectivity index (χ3v) is 6.25. The Bertz CT molecular complexity index is 817. The van der Waals surface area contributed by atoms with Crippen LogP contribution in [0.1, 0.15) is 32.8 Å². The summed E-state index contributed by atoms with van der Waals surface area (Å²) in [6.45, 7) is 2.02. The molecule has 24 heavy (non-hydrogen) atoms. The number of methoxy groups -OCH3 is 1. The maximum Gasteiger partial charge on any atom is 0.341 e. The quantitative estimate of drug-likeness (QED) is 0.541. The molecule has 0 aliphatic heterocycles. The molecule has 1 aromatic heterocycles. The monoisotopic (exact) mass is 424 g/mol. The molecule has 4 nitrogen and oxygen atoms in total. The van der Waals surface area contributed by atoms with Crippen molar-refractivity contribution in [3.05, 3.63) is 44.2 Å². The van der Waals surface area contributed by atoms with E-state index in [-0.39, 0.29) is 5.97 Å². The Labute approximate surface area is 158 Å². The predicted octanol–water partition coefficient (Wildman–Crippen LogP) is 4.90. The molecule has 0 spiro atoms. The van der Waals surface area contributed by atoms with Crippen LogP contribution < -0.4 is 10.6 Å². The lowest BCUT2D eigenvalue weighted by Crippen LogP contribution is -2.20. The minimum atomic E-state index is -0.306. The Morgan fingerprint density at radius 1 is 1.33 bits per heavy atom. The van der Waals surface area contributed by atoms with E-state index in [0.29, 0.717) is 10.7 Å². The van der Waals surface area contributed by atoms with Crippen LogP contribution in [0.2, 0.25) is 0 Å². The van der Waals surface area contributed by atoms with Gasteiger partial charge in [-0.3, -0.25) is 0 Å². The Kier molecular flexibility index (Phi) is 5.22. The average Bonchev–Trinajstić information content (AvgIpc) is 3.10. The van der Waals surface area contributed by atoms with E-state index in [0.717, 1.165) is 45.6 Å². The van der Waals surface area contributed by atoms with Crippen LogP contribution in [-0.4, -0.2) is 18.2 Å². The molecule has 1 aromatic carbocycles. The molecule has 0 saturated heterocycles. The van der Waals surface area contributed by atoms with Gasteiger partial charge in [-0.25, -0.2) is 4.79 Å². The third kappa shape index (κ3) is 3.48. The first kappa shape index (κ1) is 17.4. The number of thiophene rings is 1. The highest BCUT2D eigenvalue weighted by molar-refractivity contribution is 9.10. The number of esters is 1. The molecule has 3 rings (SSSR count). The number of nitrogens with one attached hydrogen (secondary N) is 2. The highest BCUT2D eigenvalue weighted by Gasteiger charge is 2.27. The van der Waals surface area contributed by atoms with E-state index in [1.165, 1.54) is 12.0 Å². The number of rotatable bonds is 3. The van der Waals surface area contributed by atoms with Crippen LogP contribution >= 0.6 is 39.5 Å². The minimum Gasteiger partial charge on any atom is -0.465 e. The summed E-state index contributed by atoms with van der Waals surface area (Å²) < 4.78 is 6.00. The Hall–Kier alpha value is -1.44. The maximum atomic E-state index is 12.2. The number of halogens is 1. The van der Waals surface area contributed by atoms with Crippen LogP contribution in [0, 0.1) is 6.92 Å². The standard InChI is InChI=1S/C17H17BrN2O2S2/c1-9-8-10(6-7-12(9)18)19-17(23)20-15-14(16(21)22-2)11-4-3-5-13(11)24-15/h6-8H,3-5H2,1-2H3,(H2,19,20,23). The van der Waals surface area contributed by atoms with Gasteiger partial charge >= 0.3 is 5.97 Å². The van der Waals surface area contributed by atoms with E-state index >= 15 is 0 Å². The lowest BCUT2D eigenvalue weighted by atomic mass is 10.1. The van der Waals surface area contributed by atoms with Crippen molar-refractivity contribution in [2.75, 3.05) is 17.7 Å². The number of thiocarbonyl (C=S) groups is 1. The SMILES string of the molecule is COC(=O)c1c(NC(=S)Nc2ccc(Br)c(C)c2)sc2c1CCC2. The third-order valence-electron chi connectivity index (χ3n) is 3.95. The van der Waals surface area contributed by atoms with Crippen molar-refractivity contribution in [2.24, 2.45) is 0 Å². The Morgan fingerprint density at radius 3 is 2.83 bits per heavy atom. The summed E-state index contributed by atoms with van der Waals surface area (Å²) in [4.78, 5) is 13.4. The molecule has 0 bridgehead atoms. The van der Waals surface area contributed by atoms with Crippen LogP contribution in [0.15, 0.2) is 22.7 Å². The molecule has 7 heteroatoms. The topological polar surface area (TPSA) is 50.4 Å². The first-order valence-electron chi connectivity index (χ1n) is 7.56. The van der Waals surface area contributed by atoms with E-state index in [4.69, 9.17) is 17.0 Å². The van der Waals surface area contributed by atoms with E-state index in [1.54, 1.807) is 11.3 Å². The van der Waals surface area contributed by atoms with Gasteiger partial charge in [-0.05, 0) is 67.7 Å². The summed E-state index contributed by atoms with van der Waals surface area (Å²) in [5.41, 5.74) is 3.76. The second-order valence-electron chi connectivity index (χ2n) is 5.60. The van der Waals surface area contributed by atoms with Crippen LogP contribution in [0.3, 0.4) is 0 Å². The summed E-state index contributed by atoms with van der Waals surface area (Å²) >= 11 is 10.5. The molecule has 0 amide bonds. The Morgan fingerprint density at radius 2 is 2.12 bits per heavy atom. The zero-order valence-electron chi connectivity index (χ0n) is 13.4. The lowest BCUT2D eigenvalue weighted by molar-refractivity contribution is 0.0601. The van der Waals surface area contributed by atoms with Gasteiger partial charge in [0, 0.05) is 15.0 Å². The van der Waals surface area contributed by atoms with E-state index < -0.39 is 0 Å². The summed E-state index contributed by atoms with van der Waals surface area (Å²) in [6, 6.07) is 5.92. The molecule has 1 aliphatic rings. The number of carbonyl (C=O) groups excluding carboxylic acids is 1. The fourth-order valence-electron chi connectivity index (χ4n) is 2.80. The number of hydrogen-bond acceptors (Lipinski definition) is 4. The molecule has 2 aromatic rings. The summed E-state index contributed by atoms with van der Waals surface area (Å²) in [7, 11) is 1.41. The van der Waals surface area contributed by atoms with Crippen molar-refractivity contribution in [1.29, 1.82) is 0 Å². The maximum absolute atomic E-state index is 12.2.